The van der Waals surface area contributed by atoms with E-state index in [1.807, 2.05) is 35.8 Å². The maximum absolute atomic E-state index is 12.9. The number of hydrogen-bond acceptors (Lipinski definition) is 7. The second-order valence-corrected chi connectivity index (χ2v) is 11.0. The number of thioether (sulfide) groups is 1. The normalized spacial score (nSPS) is 11.6. The van der Waals surface area contributed by atoms with Gasteiger partial charge in [-0.25, -0.2) is 8.42 Å². The zero-order valence-corrected chi connectivity index (χ0v) is 22.5. The van der Waals surface area contributed by atoms with Crippen molar-refractivity contribution in [3.63, 3.8) is 0 Å². The largest absolute Gasteiger partial charge is 0.356 e. The topological polar surface area (TPSA) is 114 Å². The Morgan fingerprint density at radius 1 is 1.06 bits per heavy atom. The van der Waals surface area contributed by atoms with E-state index in [1.165, 1.54) is 35.1 Å². The van der Waals surface area contributed by atoms with E-state index in [0.29, 0.717) is 42.6 Å². The van der Waals surface area contributed by atoms with E-state index in [1.54, 1.807) is 26.0 Å². The molecule has 2 aromatic carbocycles. The van der Waals surface area contributed by atoms with Crippen molar-refractivity contribution in [3.8, 4) is 5.69 Å². The Morgan fingerprint density at radius 2 is 1.75 bits per heavy atom. The molecule has 0 aliphatic rings. The first-order valence-corrected chi connectivity index (χ1v) is 14.1. The highest BCUT2D eigenvalue weighted by molar-refractivity contribution is 7.99. The second kappa shape index (κ2) is 12.3. The maximum Gasteiger partial charge on any atom is 0.243 e. The molecule has 0 atom stereocenters. The van der Waals surface area contributed by atoms with Crippen molar-refractivity contribution in [1.82, 2.24) is 24.4 Å². The number of sulfonamides is 1. The van der Waals surface area contributed by atoms with Gasteiger partial charge in [0.15, 0.2) is 10.9 Å². The molecule has 1 heterocycles. The van der Waals surface area contributed by atoms with Crippen LogP contribution in [0.4, 0.5) is 0 Å². The lowest BCUT2D eigenvalue weighted by Crippen LogP contribution is -2.30. The lowest BCUT2D eigenvalue weighted by molar-refractivity contribution is -0.118. The molecular formula is C25H31N5O4S2. The van der Waals surface area contributed by atoms with Crippen LogP contribution in [0.3, 0.4) is 0 Å². The molecule has 1 aromatic heterocycles. The molecule has 0 unspecified atom stereocenters. The van der Waals surface area contributed by atoms with Gasteiger partial charge in [0.05, 0.1) is 10.6 Å². The number of carbonyl (C=O) groups is 2. The molecule has 3 rings (SSSR count). The van der Waals surface area contributed by atoms with Crippen molar-refractivity contribution >= 4 is 33.5 Å². The fourth-order valence-electron chi connectivity index (χ4n) is 3.67. The van der Waals surface area contributed by atoms with Crippen molar-refractivity contribution in [1.29, 1.82) is 0 Å². The van der Waals surface area contributed by atoms with Gasteiger partial charge in [0.1, 0.15) is 5.82 Å². The summed E-state index contributed by atoms with van der Waals surface area (Å²) in [5, 5.41) is 11.9. The zero-order chi connectivity index (χ0) is 26.3. The molecule has 11 heteroatoms. The van der Waals surface area contributed by atoms with Gasteiger partial charge in [-0.2, -0.15) is 4.31 Å². The number of rotatable bonds is 12. The lowest BCUT2D eigenvalue weighted by atomic mass is 10.1. The highest BCUT2D eigenvalue weighted by atomic mass is 32.2. The minimum absolute atomic E-state index is 0.109. The van der Waals surface area contributed by atoms with E-state index in [9.17, 15) is 18.0 Å². The number of aryl methyl sites for hydroxylation is 1. The molecule has 0 saturated heterocycles. The van der Waals surface area contributed by atoms with E-state index in [0.717, 1.165) is 11.3 Å². The second-order valence-electron chi connectivity index (χ2n) is 8.13. The Morgan fingerprint density at radius 3 is 2.36 bits per heavy atom. The van der Waals surface area contributed by atoms with Gasteiger partial charge in [-0.1, -0.05) is 49.9 Å². The van der Waals surface area contributed by atoms with E-state index < -0.39 is 10.0 Å². The molecule has 36 heavy (non-hydrogen) atoms. The molecule has 0 saturated carbocycles. The van der Waals surface area contributed by atoms with Crippen LogP contribution in [0.25, 0.3) is 5.69 Å². The Bertz CT molecular complexity index is 1320. The molecule has 0 spiro atoms. The molecule has 1 N–H and O–H groups in total. The SMILES string of the molecule is CCN(CC)S(=O)(=O)c1ccc(C(=O)CSc2nnc(CCNC(C)=O)n2-c2cccc(C)c2)cc1. The zero-order valence-electron chi connectivity index (χ0n) is 20.9. The number of ketones is 1. The monoisotopic (exact) mass is 529 g/mol. The summed E-state index contributed by atoms with van der Waals surface area (Å²) in [7, 11) is -3.58. The van der Waals surface area contributed by atoms with Crippen LogP contribution in [-0.2, 0) is 21.2 Å². The molecule has 0 fully saturated rings. The van der Waals surface area contributed by atoms with Crippen molar-refractivity contribution < 1.29 is 18.0 Å². The third-order valence-corrected chi connectivity index (χ3v) is 8.53. The smallest absolute Gasteiger partial charge is 0.243 e. The third kappa shape index (κ3) is 6.59. The van der Waals surface area contributed by atoms with Crippen molar-refractivity contribution in [2.75, 3.05) is 25.4 Å². The molecule has 0 bridgehead atoms. The van der Waals surface area contributed by atoms with Gasteiger partial charge >= 0.3 is 0 Å². The van der Waals surface area contributed by atoms with E-state index in [-0.39, 0.29) is 22.3 Å². The molecule has 1 amide bonds. The Kier molecular flexibility index (Phi) is 9.41. The van der Waals surface area contributed by atoms with Gasteiger partial charge in [0, 0.05) is 44.2 Å². The summed E-state index contributed by atoms with van der Waals surface area (Å²) in [6.07, 6.45) is 0.484. The van der Waals surface area contributed by atoms with Gasteiger partial charge < -0.3 is 5.32 Å². The number of aromatic nitrogens is 3. The summed E-state index contributed by atoms with van der Waals surface area (Å²) in [6.45, 7) is 8.21. The fraction of sp³-hybridized carbons (Fsp3) is 0.360. The highest BCUT2D eigenvalue weighted by Gasteiger charge is 2.22. The van der Waals surface area contributed by atoms with E-state index in [2.05, 4.69) is 15.5 Å². The summed E-state index contributed by atoms with van der Waals surface area (Å²) in [6, 6.07) is 13.9. The van der Waals surface area contributed by atoms with Crippen molar-refractivity contribution in [3.05, 3.63) is 65.5 Å². The Labute approximate surface area is 216 Å². The molecular weight excluding hydrogens is 498 g/mol. The number of nitrogens with one attached hydrogen (secondary N) is 1. The van der Waals surface area contributed by atoms with Crippen LogP contribution in [-0.4, -0.2) is 64.6 Å². The standard InChI is InChI=1S/C25H31N5O4S2/c1-5-29(6-2)36(33,34)22-12-10-20(11-13-22)23(32)17-35-25-28-27-24(14-15-26-19(4)31)30(25)21-9-7-8-18(3)16-21/h7-13,16H,5-6,14-15,17H2,1-4H3,(H,26,31). The first-order chi connectivity index (χ1) is 17.2. The Balaban J connectivity index is 1.78. The maximum atomic E-state index is 12.9. The molecule has 9 nitrogen and oxygen atoms in total. The number of Topliss-reactive ketones (excluding diaryl/α,β-unsaturated/α-hetero) is 1. The average Bonchev–Trinajstić information content (AvgIpc) is 3.25. The van der Waals surface area contributed by atoms with Crippen LogP contribution in [0.2, 0.25) is 0 Å². The Hall–Kier alpha value is -3.02. The fourth-order valence-corrected chi connectivity index (χ4v) is 5.99. The quantitative estimate of drug-likeness (QED) is 0.283. The van der Waals surface area contributed by atoms with Crippen LogP contribution in [0.1, 0.15) is 42.5 Å². The summed E-state index contributed by atoms with van der Waals surface area (Å²) in [5.41, 5.74) is 2.37. The number of hydrogen-bond donors (Lipinski definition) is 1. The summed E-state index contributed by atoms with van der Waals surface area (Å²) >= 11 is 1.26. The number of carbonyl (C=O) groups excluding carboxylic acids is 2. The van der Waals surface area contributed by atoms with Gasteiger partial charge in [-0.05, 0) is 36.8 Å². The predicted octanol–water partition coefficient (Wildman–Crippen LogP) is 3.26. The molecule has 0 radical (unpaired) electrons. The van der Waals surface area contributed by atoms with Crippen LogP contribution in [0.5, 0.6) is 0 Å². The van der Waals surface area contributed by atoms with Crippen LogP contribution in [0.15, 0.2) is 58.6 Å². The van der Waals surface area contributed by atoms with Crippen molar-refractivity contribution in [2.24, 2.45) is 0 Å². The van der Waals surface area contributed by atoms with Crippen LogP contribution in [0, 0.1) is 6.92 Å². The summed E-state index contributed by atoms with van der Waals surface area (Å²) < 4.78 is 28.7. The van der Waals surface area contributed by atoms with Crippen LogP contribution < -0.4 is 5.32 Å². The lowest BCUT2D eigenvalue weighted by Gasteiger charge is -2.18. The molecule has 0 aliphatic heterocycles. The molecule has 192 valence electrons. The first-order valence-electron chi connectivity index (χ1n) is 11.7. The van der Waals surface area contributed by atoms with E-state index >= 15 is 0 Å². The number of benzene rings is 2. The van der Waals surface area contributed by atoms with Crippen LogP contribution >= 0.6 is 11.8 Å². The number of amides is 1. The molecule has 0 aliphatic carbocycles. The summed E-state index contributed by atoms with van der Waals surface area (Å²) in [4.78, 5) is 24.3. The van der Waals surface area contributed by atoms with Gasteiger partial charge in [0.2, 0.25) is 15.9 Å². The minimum Gasteiger partial charge on any atom is -0.356 e. The van der Waals surface area contributed by atoms with Gasteiger partial charge in [0.25, 0.3) is 0 Å². The minimum atomic E-state index is -3.58. The van der Waals surface area contributed by atoms with Crippen molar-refractivity contribution in [2.45, 2.75) is 44.2 Å². The average molecular weight is 530 g/mol. The van der Waals surface area contributed by atoms with Gasteiger partial charge in [-0.15, -0.1) is 10.2 Å². The number of nitrogens with zero attached hydrogens (tertiary/aromatic N) is 4. The third-order valence-electron chi connectivity index (χ3n) is 5.53. The highest BCUT2D eigenvalue weighted by Crippen LogP contribution is 2.24. The summed E-state index contributed by atoms with van der Waals surface area (Å²) in [5.74, 6) is 0.519. The predicted molar refractivity (Wildman–Crippen MR) is 140 cm³/mol. The van der Waals surface area contributed by atoms with E-state index in [4.69, 9.17) is 0 Å². The molecule has 3 aromatic rings. The van der Waals surface area contributed by atoms with Gasteiger partial charge in [-0.3, -0.25) is 14.2 Å². The first kappa shape index (κ1) is 27.6.